The molecule has 0 saturated carbocycles. The number of ether oxygens (including phenoxy) is 1. The van der Waals surface area contributed by atoms with E-state index in [4.69, 9.17) is 10.5 Å². The molecule has 2 aromatic carbocycles. The van der Waals surface area contributed by atoms with Gasteiger partial charge in [-0.3, -0.25) is 0 Å². The third-order valence-electron chi connectivity index (χ3n) is 2.66. The highest BCUT2D eigenvalue weighted by Gasteiger charge is 2.04. The Hall–Kier alpha value is -2.05. The number of aromatic nitrogens is 2. The van der Waals surface area contributed by atoms with Crippen LogP contribution in [0.3, 0.4) is 0 Å². The second-order valence-corrected chi connectivity index (χ2v) is 6.49. The number of para-hydroxylation sites is 1. The van der Waals surface area contributed by atoms with Crippen molar-refractivity contribution >= 4 is 28.2 Å². The standard InChI is InChI=1S/C15H13N3OS2/c16-14-17-18-15(21-14)20-10-11-5-4-8-13(9-11)19-12-6-2-1-3-7-12/h1-9H,10H2,(H2,16,17). The lowest BCUT2D eigenvalue weighted by Gasteiger charge is -2.07. The lowest BCUT2D eigenvalue weighted by Crippen LogP contribution is -1.86. The molecule has 0 aliphatic carbocycles. The van der Waals surface area contributed by atoms with E-state index in [1.165, 1.54) is 16.9 Å². The van der Waals surface area contributed by atoms with Gasteiger partial charge in [0.15, 0.2) is 4.34 Å². The van der Waals surface area contributed by atoms with Crippen molar-refractivity contribution in [2.45, 2.75) is 10.1 Å². The number of nitrogen functional groups attached to an aromatic ring is 1. The Labute approximate surface area is 131 Å². The summed E-state index contributed by atoms with van der Waals surface area (Å²) in [7, 11) is 0. The van der Waals surface area contributed by atoms with Crippen LogP contribution in [-0.4, -0.2) is 10.2 Å². The zero-order valence-corrected chi connectivity index (χ0v) is 12.7. The second-order valence-electron chi connectivity index (χ2n) is 4.26. The Morgan fingerprint density at radius 1 is 1.00 bits per heavy atom. The van der Waals surface area contributed by atoms with Crippen LogP contribution in [-0.2, 0) is 5.75 Å². The normalized spacial score (nSPS) is 10.5. The van der Waals surface area contributed by atoms with E-state index in [2.05, 4.69) is 16.3 Å². The van der Waals surface area contributed by atoms with Crippen molar-refractivity contribution < 1.29 is 4.74 Å². The van der Waals surface area contributed by atoms with Gasteiger partial charge in [-0.2, -0.15) is 0 Å². The van der Waals surface area contributed by atoms with Crippen molar-refractivity contribution in [2.75, 3.05) is 5.73 Å². The van der Waals surface area contributed by atoms with Crippen LogP contribution in [0.25, 0.3) is 0 Å². The van der Waals surface area contributed by atoms with Crippen molar-refractivity contribution in [1.82, 2.24) is 10.2 Å². The molecule has 0 saturated heterocycles. The molecule has 0 atom stereocenters. The smallest absolute Gasteiger partial charge is 0.203 e. The first-order valence-corrected chi connectivity index (χ1v) is 8.13. The van der Waals surface area contributed by atoms with E-state index in [0.717, 1.165) is 21.6 Å². The molecule has 3 rings (SSSR count). The van der Waals surface area contributed by atoms with Gasteiger partial charge in [0, 0.05) is 5.75 Å². The molecule has 21 heavy (non-hydrogen) atoms. The molecule has 0 aliphatic rings. The molecule has 0 spiro atoms. The van der Waals surface area contributed by atoms with Gasteiger partial charge in [0.1, 0.15) is 11.5 Å². The Morgan fingerprint density at radius 3 is 2.57 bits per heavy atom. The number of thioether (sulfide) groups is 1. The fourth-order valence-corrected chi connectivity index (χ4v) is 3.33. The van der Waals surface area contributed by atoms with Gasteiger partial charge in [0.2, 0.25) is 5.13 Å². The molecular formula is C15H13N3OS2. The summed E-state index contributed by atoms with van der Waals surface area (Å²) in [6, 6.07) is 17.8. The highest BCUT2D eigenvalue weighted by atomic mass is 32.2. The summed E-state index contributed by atoms with van der Waals surface area (Å²) in [6.07, 6.45) is 0. The number of nitrogens with zero attached hydrogens (tertiary/aromatic N) is 2. The number of hydrogen-bond donors (Lipinski definition) is 1. The number of rotatable bonds is 5. The van der Waals surface area contributed by atoms with Crippen molar-refractivity contribution in [3.05, 3.63) is 60.2 Å². The molecule has 1 aromatic heterocycles. The number of benzene rings is 2. The van der Waals surface area contributed by atoms with Crippen LogP contribution in [0.1, 0.15) is 5.56 Å². The summed E-state index contributed by atoms with van der Waals surface area (Å²) in [5.41, 5.74) is 6.74. The maximum absolute atomic E-state index is 5.82. The molecule has 0 unspecified atom stereocenters. The van der Waals surface area contributed by atoms with Crippen molar-refractivity contribution in [3.8, 4) is 11.5 Å². The van der Waals surface area contributed by atoms with Crippen LogP contribution in [0.2, 0.25) is 0 Å². The van der Waals surface area contributed by atoms with E-state index in [1.54, 1.807) is 11.8 Å². The van der Waals surface area contributed by atoms with Crippen LogP contribution < -0.4 is 10.5 Å². The monoisotopic (exact) mass is 315 g/mol. The van der Waals surface area contributed by atoms with E-state index in [1.807, 2.05) is 48.5 Å². The highest BCUT2D eigenvalue weighted by Crippen LogP contribution is 2.29. The summed E-state index contributed by atoms with van der Waals surface area (Å²) in [5, 5.41) is 8.30. The van der Waals surface area contributed by atoms with Crippen molar-refractivity contribution in [3.63, 3.8) is 0 Å². The zero-order valence-electron chi connectivity index (χ0n) is 11.1. The molecule has 0 amide bonds. The molecule has 6 heteroatoms. The summed E-state index contributed by atoms with van der Waals surface area (Å²) < 4.78 is 6.70. The maximum atomic E-state index is 5.82. The van der Waals surface area contributed by atoms with Gasteiger partial charge in [-0.25, -0.2) is 0 Å². The summed E-state index contributed by atoms with van der Waals surface area (Å²) in [5.74, 6) is 2.47. The Kier molecular flexibility index (Phi) is 4.37. The van der Waals surface area contributed by atoms with Gasteiger partial charge in [0.05, 0.1) is 0 Å². The third-order valence-corrected chi connectivity index (χ3v) is 4.62. The van der Waals surface area contributed by atoms with E-state index in [0.29, 0.717) is 5.13 Å². The Balaban J connectivity index is 1.65. The van der Waals surface area contributed by atoms with Crippen LogP contribution in [0.4, 0.5) is 5.13 Å². The maximum Gasteiger partial charge on any atom is 0.203 e. The minimum Gasteiger partial charge on any atom is -0.457 e. The first kappa shape index (κ1) is 13.9. The highest BCUT2D eigenvalue weighted by molar-refractivity contribution is 8.00. The minimum absolute atomic E-state index is 0.499. The van der Waals surface area contributed by atoms with Crippen LogP contribution in [0, 0.1) is 0 Å². The summed E-state index contributed by atoms with van der Waals surface area (Å²) in [6.45, 7) is 0. The number of anilines is 1. The topological polar surface area (TPSA) is 61.0 Å². The molecule has 0 fully saturated rings. The van der Waals surface area contributed by atoms with Gasteiger partial charge in [0.25, 0.3) is 0 Å². The molecule has 2 N–H and O–H groups in total. The molecular weight excluding hydrogens is 302 g/mol. The minimum atomic E-state index is 0.499. The molecule has 0 bridgehead atoms. The first-order valence-electron chi connectivity index (χ1n) is 6.33. The van der Waals surface area contributed by atoms with E-state index in [-0.39, 0.29) is 0 Å². The van der Waals surface area contributed by atoms with Crippen LogP contribution in [0.5, 0.6) is 11.5 Å². The molecule has 3 aromatic rings. The SMILES string of the molecule is Nc1nnc(SCc2cccc(Oc3ccccc3)c2)s1. The summed E-state index contributed by atoms with van der Waals surface area (Å²) in [4.78, 5) is 0. The quantitative estimate of drug-likeness (QED) is 0.715. The van der Waals surface area contributed by atoms with Gasteiger partial charge in [-0.1, -0.05) is 53.4 Å². The number of hydrogen-bond acceptors (Lipinski definition) is 6. The largest absolute Gasteiger partial charge is 0.457 e. The van der Waals surface area contributed by atoms with Gasteiger partial charge < -0.3 is 10.5 Å². The predicted octanol–water partition coefficient (Wildman–Crippen LogP) is 4.20. The predicted molar refractivity (Wildman–Crippen MR) is 86.8 cm³/mol. The molecule has 4 nitrogen and oxygen atoms in total. The first-order chi connectivity index (χ1) is 10.3. The Bertz CT molecular complexity index is 716. The van der Waals surface area contributed by atoms with Gasteiger partial charge in [-0.15, -0.1) is 10.2 Å². The fraction of sp³-hybridized carbons (Fsp3) is 0.0667. The molecule has 0 aliphatic heterocycles. The Morgan fingerprint density at radius 2 is 1.81 bits per heavy atom. The third kappa shape index (κ3) is 3.96. The fourth-order valence-electron chi connectivity index (χ4n) is 1.75. The van der Waals surface area contributed by atoms with Crippen LogP contribution in [0.15, 0.2) is 58.9 Å². The summed E-state index contributed by atoms with van der Waals surface area (Å²) >= 11 is 3.02. The second kappa shape index (κ2) is 6.60. The van der Waals surface area contributed by atoms with Gasteiger partial charge >= 0.3 is 0 Å². The van der Waals surface area contributed by atoms with E-state index in [9.17, 15) is 0 Å². The lowest BCUT2D eigenvalue weighted by atomic mass is 10.2. The average Bonchev–Trinajstić information content (AvgIpc) is 2.92. The molecule has 0 radical (unpaired) electrons. The van der Waals surface area contributed by atoms with Crippen molar-refractivity contribution in [1.29, 1.82) is 0 Å². The van der Waals surface area contributed by atoms with Crippen molar-refractivity contribution in [2.24, 2.45) is 0 Å². The lowest BCUT2D eigenvalue weighted by molar-refractivity contribution is 0.482. The molecule has 106 valence electrons. The van der Waals surface area contributed by atoms with E-state index < -0.39 is 0 Å². The van der Waals surface area contributed by atoms with E-state index >= 15 is 0 Å². The van der Waals surface area contributed by atoms with Gasteiger partial charge in [-0.05, 0) is 29.8 Å². The average molecular weight is 315 g/mol. The zero-order chi connectivity index (χ0) is 14.5. The molecule has 1 heterocycles. The number of nitrogens with two attached hydrogens (primary N) is 1. The van der Waals surface area contributed by atoms with Crippen LogP contribution >= 0.6 is 23.1 Å².